The molecule has 0 fully saturated rings. The molecule has 0 heterocycles. The minimum Gasteiger partial charge on any atom is -0.493 e. The second kappa shape index (κ2) is 9.64. The Hall–Kier alpha value is -1.26. The van der Waals surface area contributed by atoms with Gasteiger partial charge in [-0.25, -0.2) is 0 Å². The van der Waals surface area contributed by atoms with Gasteiger partial charge in [0, 0.05) is 6.54 Å². The summed E-state index contributed by atoms with van der Waals surface area (Å²) < 4.78 is 5.61. The first-order valence-electron chi connectivity index (χ1n) is 6.30. The molecular formula is C14H23ClN2O2. The second-order valence-electron chi connectivity index (χ2n) is 4.36. The molecule has 1 rings (SSSR count). The first kappa shape index (κ1) is 17.7. The zero-order chi connectivity index (χ0) is 13.4. The van der Waals surface area contributed by atoms with Crippen LogP contribution in [0.3, 0.4) is 0 Å². The summed E-state index contributed by atoms with van der Waals surface area (Å²) >= 11 is 0. The van der Waals surface area contributed by atoms with E-state index in [0.717, 1.165) is 23.3 Å². The Morgan fingerprint density at radius 1 is 1.37 bits per heavy atom. The number of benzene rings is 1. The Kier molecular flexibility index (Phi) is 9.00. The van der Waals surface area contributed by atoms with E-state index in [4.69, 9.17) is 10.5 Å². The van der Waals surface area contributed by atoms with Crippen molar-refractivity contribution in [2.45, 2.75) is 26.7 Å². The van der Waals surface area contributed by atoms with Crippen molar-refractivity contribution < 1.29 is 9.53 Å². The van der Waals surface area contributed by atoms with Gasteiger partial charge in [-0.3, -0.25) is 4.79 Å². The number of amides is 1. The largest absolute Gasteiger partial charge is 0.493 e. The van der Waals surface area contributed by atoms with Gasteiger partial charge in [0.2, 0.25) is 5.91 Å². The van der Waals surface area contributed by atoms with Crippen LogP contribution in [0, 0.1) is 13.8 Å². The molecule has 0 aliphatic heterocycles. The van der Waals surface area contributed by atoms with Gasteiger partial charge in [-0.05, 0) is 44.0 Å². The van der Waals surface area contributed by atoms with Crippen molar-refractivity contribution in [1.82, 2.24) is 5.32 Å². The first-order chi connectivity index (χ1) is 8.63. The standard InChI is InChI=1S/C14H22N2O2.ClH/c1-11-4-5-12(2)13(10-11)18-9-6-14(17)16-8-3-7-15;/h4-5,10H,3,6-9,15H2,1-2H3,(H,16,17);1H. The van der Waals surface area contributed by atoms with Crippen LogP contribution in [0.15, 0.2) is 18.2 Å². The Bertz CT molecular complexity index is 397. The fourth-order valence-electron chi connectivity index (χ4n) is 1.53. The van der Waals surface area contributed by atoms with Crippen LogP contribution in [0.5, 0.6) is 5.75 Å². The molecule has 0 spiro atoms. The van der Waals surface area contributed by atoms with Crippen LogP contribution in [0.4, 0.5) is 0 Å². The average Bonchev–Trinajstić information content (AvgIpc) is 2.34. The monoisotopic (exact) mass is 286 g/mol. The number of rotatable bonds is 7. The molecule has 3 N–H and O–H groups in total. The van der Waals surface area contributed by atoms with Gasteiger partial charge in [0.05, 0.1) is 13.0 Å². The van der Waals surface area contributed by atoms with Gasteiger partial charge < -0.3 is 15.8 Å². The number of hydrogen-bond acceptors (Lipinski definition) is 3. The van der Waals surface area contributed by atoms with Crippen LogP contribution in [0.25, 0.3) is 0 Å². The molecule has 1 aromatic carbocycles. The topological polar surface area (TPSA) is 64.3 Å². The molecule has 0 aliphatic rings. The van der Waals surface area contributed by atoms with Gasteiger partial charge in [0.15, 0.2) is 0 Å². The number of halogens is 1. The van der Waals surface area contributed by atoms with Crippen molar-refractivity contribution in [3.05, 3.63) is 29.3 Å². The number of nitrogens with two attached hydrogens (primary N) is 1. The van der Waals surface area contributed by atoms with E-state index >= 15 is 0 Å². The molecule has 108 valence electrons. The highest BCUT2D eigenvalue weighted by Gasteiger charge is 2.03. The van der Waals surface area contributed by atoms with Gasteiger partial charge in [-0.15, -0.1) is 12.4 Å². The molecule has 0 unspecified atom stereocenters. The summed E-state index contributed by atoms with van der Waals surface area (Å²) in [5, 5.41) is 2.80. The van der Waals surface area contributed by atoms with Crippen LogP contribution in [-0.4, -0.2) is 25.6 Å². The summed E-state index contributed by atoms with van der Waals surface area (Å²) in [6, 6.07) is 6.05. The molecule has 0 atom stereocenters. The van der Waals surface area contributed by atoms with Crippen molar-refractivity contribution >= 4 is 18.3 Å². The van der Waals surface area contributed by atoms with E-state index in [9.17, 15) is 4.79 Å². The number of aryl methyl sites for hydroxylation is 2. The van der Waals surface area contributed by atoms with Gasteiger partial charge in [-0.1, -0.05) is 12.1 Å². The maximum atomic E-state index is 11.4. The predicted octanol–water partition coefficient (Wildman–Crippen LogP) is 1.96. The summed E-state index contributed by atoms with van der Waals surface area (Å²) in [4.78, 5) is 11.4. The van der Waals surface area contributed by atoms with Crippen molar-refractivity contribution in [1.29, 1.82) is 0 Å². The lowest BCUT2D eigenvalue weighted by Gasteiger charge is -2.10. The summed E-state index contributed by atoms with van der Waals surface area (Å²) in [6.07, 6.45) is 1.18. The SMILES string of the molecule is Cc1ccc(C)c(OCCC(=O)NCCCN)c1.Cl. The Morgan fingerprint density at radius 2 is 2.11 bits per heavy atom. The van der Waals surface area contributed by atoms with Crippen LogP contribution in [-0.2, 0) is 4.79 Å². The van der Waals surface area contributed by atoms with E-state index in [2.05, 4.69) is 5.32 Å². The zero-order valence-electron chi connectivity index (χ0n) is 11.6. The third kappa shape index (κ3) is 7.03. The van der Waals surface area contributed by atoms with Crippen LogP contribution >= 0.6 is 12.4 Å². The van der Waals surface area contributed by atoms with Crippen molar-refractivity contribution in [2.24, 2.45) is 5.73 Å². The first-order valence-corrected chi connectivity index (χ1v) is 6.30. The van der Waals surface area contributed by atoms with Crippen LogP contribution < -0.4 is 15.8 Å². The number of nitrogens with one attached hydrogen (secondary N) is 1. The molecule has 0 aromatic heterocycles. The molecule has 1 aromatic rings. The van der Waals surface area contributed by atoms with Gasteiger partial charge >= 0.3 is 0 Å². The minimum atomic E-state index is 0. The maximum absolute atomic E-state index is 11.4. The van der Waals surface area contributed by atoms with Gasteiger partial charge in [0.25, 0.3) is 0 Å². The molecule has 0 bridgehead atoms. The van der Waals surface area contributed by atoms with E-state index in [1.165, 1.54) is 0 Å². The number of hydrogen-bond donors (Lipinski definition) is 2. The van der Waals surface area contributed by atoms with E-state index < -0.39 is 0 Å². The lowest BCUT2D eigenvalue weighted by molar-refractivity contribution is -0.121. The molecule has 19 heavy (non-hydrogen) atoms. The maximum Gasteiger partial charge on any atom is 0.223 e. The molecule has 0 saturated heterocycles. The smallest absolute Gasteiger partial charge is 0.223 e. The Balaban J connectivity index is 0.00000324. The third-order valence-electron chi connectivity index (χ3n) is 2.63. The molecule has 0 radical (unpaired) electrons. The minimum absolute atomic E-state index is 0. The molecule has 1 amide bonds. The Morgan fingerprint density at radius 3 is 2.79 bits per heavy atom. The van der Waals surface area contributed by atoms with Crippen molar-refractivity contribution in [3.8, 4) is 5.75 Å². The normalized spacial score (nSPS) is 9.63. The summed E-state index contributed by atoms with van der Waals surface area (Å²) in [6.45, 7) is 5.65. The fraction of sp³-hybridized carbons (Fsp3) is 0.500. The number of carbonyl (C=O) groups excluding carboxylic acids is 1. The molecule has 4 nitrogen and oxygen atoms in total. The fourth-order valence-corrected chi connectivity index (χ4v) is 1.53. The average molecular weight is 287 g/mol. The van der Waals surface area contributed by atoms with E-state index in [1.54, 1.807) is 0 Å². The van der Waals surface area contributed by atoms with E-state index in [1.807, 2.05) is 32.0 Å². The highest BCUT2D eigenvalue weighted by atomic mass is 35.5. The van der Waals surface area contributed by atoms with Crippen molar-refractivity contribution in [2.75, 3.05) is 19.7 Å². The lowest BCUT2D eigenvalue weighted by Crippen LogP contribution is -2.27. The van der Waals surface area contributed by atoms with Crippen LogP contribution in [0.2, 0.25) is 0 Å². The quantitative estimate of drug-likeness (QED) is 0.753. The molecule has 5 heteroatoms. The lowest BCUT2D eigenvalue weighted by atomic mass is 10.1. The van der Waals surface area contributed by atoms with Gasteiger partial charge in [-0.2, -0.15) is 0 Å². The van der Waals surface area contributed by atoms with Crippen LogP contribution in [0.1, 0.15) is 24.0 Å². The highest BCUT2D eigenvalue weighted by molar-refractivity contribution is 5.85. The molecular weight excluding hydrogens is 264 g/mol. The molecule has 0 aliphatic carbocycles. The second-order valence-corrected chi connectivity index (χ2v) is 4.36. The zero-order valence-corrected chi connectivity index (χ0v) is 12.4. The van der Waals surface area contributed by atoms with Gasteiger partial charge in [0.1, 0.15) is 5.75 Å². The highest BCUT2D eigenvalue weighted by Crippen LogP contribution is 2.19. The molecule has 0 saturated carbocycles. The van der Waals surface area contributed by atoms with E-state index in [0.29, 0.717) is 26.1 Å². The number of ether oxygens (including phenoxy) is 1. The Labute approximate surface area is 121 Å². The summed E-state index contributed by atoms with van der Waals surface area (Å²) in [7, 11) is 0. The third-order valence-corrected chi connectivity index (χ3v) is 2.63. The summed E-state index contributed by atoms with van der Waals surface area (Å²) in [5.74, 6) is 0.860. The van der Waals surface area contributed by atoms with Crippen molar-refractivity contribution in [3.63, 3.8) is 0 Å². The summed E-state index contributed by atoms with van der Waals surface area (Å²) in [5.41, 5.74) is 7.59. The predicted molar refractivity (Wildman–Crippen MR) is 80.0 cm³/mol. The van der Waals surface area contributed by atoms with E-state index in [-0.39, 0.29) is 18.3 Å². The number of carbonyl (C=O) groups is 1.